The lowest BCUT2D eigenvalue weighted by molar-refractivity contribution is 0.329. The standard InChI is InChI=1S/C25H24N2O/c1-27(22-10-3-2-4-11-22)16-17-28-25-23(12-7-13-24(25)26)21-15-14-19-8-5-6-9-20(19)18-21/h2-15,18H,16-17,26H2,1H3. The number of para-hydroxylation sites is 2. The molecule has 0 aromatic heterocycles. The minimum absolute atomic E-state index is 0.556. The van der Waals surface area contributed by atoms with Crippen LogP contribution in [0.5, 0.6) is 5.75 Å². The van der Waals surface area contributed by atoms with Crippen LogP contribution in [0.3, 0.4) is 0 Å². The Morgan fingerprint density at radius 3 is 2.36 bits per heavy atom. The third-order valence-electron chi connectivity index (χ3n) is 4.98. The fraction of sp³-hybridized carbons (Fsp3) is 0.120. The minimum Gasteiger partial charge on any atom is -0.489 e. The molecule has 140 valence electrons. The van der Waals surface area contributed by atoms with Gasteiger partial charge in [0.1, 0.15) is 12.4 Å². The van der Waals surface area contributed by atoms with E-state index in [9.17, 15) is 0 Å². The Kier molecular flexibility index (Phi) is 5.16. The smallest absolute Gasteiger partial charge is 0.150 e. The molecule has 0 spiro atoms. The summed E-state index contributed by atoms with van der Waals surface area (Å²) in [5, 5.41) is 2.43. The number of anilines is 2. The maximum Gasteiger partial charge on any atom is 0.150 e. The van der Waals surface area contributed by atoms with Crippen molar-refractivity contribution in [3.63, 3.8) is 0 Å². The summed E-state index contributed by atoms with van der Waals surface area (Å²) < 4.78 is 6.16. The van der Waals surface area contributed by atoms with Crippen LogP contribution >= 0.6 is 0 Å². The van der Waals surface area contributed by atoms with E-state index in [0.717, 1.165) is 23.4 Å². The number of hydrogen-bond donors (Lipinski definition) is 1. The quantitative estimate of drug-likeness (QED) is 0.450. The molecule has 4 rings (SSSR count). The topological polar surface area (TPSA) is 38.5 Å². The highest BCUT2D eigenvalue weighted by molar-refractivity contribution is 5.89. The van der Waals surface area contributed by atoms with Gasteiger partial charge < -0.3 is 15.4 Å². The number of ether oxygens (including phenoxy) is 1. The molecule has 3 nitrogen and oxygen atoms in total. The highest BCUT2D eigenvalue weighted by Gasteiger charge is 2.11. The Hall–Kier alpha value is -3.46. The molecule has 0 fully saturated rings. The molecule has 0 unspecified atom stereocenters. The van der Waals surface area contributed by atoms with Gasteiger partial charge >= 0.3 is 0 Å². The Morgan fingerprint density at radius 2 is 1.54 bits per heavy atom. The molecule has 0 atom stereocenters. The Balaban J connectivity index is 1.56. The van der Waals surface area contributed by atoms with Gasteiger partial charge in [-0.2, -0.15) is 0 Å². The summed E-state index contributed by atoms with van der Waals surface area (Å²) in [6, 6.07) is 31.0. The molecule has 0 aliphatic carbocycles. The lowest BCUT2D eigenvalue weighted by Gasteiger charge is -2.21. The van der Waals surface area contributed by atoms with E-state index in [1.807, 2.05) is 30.3 Å². The second-order valence-electron chi connectivity index (χ2n) is 6.89. The summed E-state index contributed by atoms with van der Waals surface area (Å²) in [6.07, 6.45) is 0. The molecule has 3 heteroatoms. The zero-order valence-electron chi connectivity index (χ0n) is 16.0. The number of hydrogen-bond acceptors (Lipinski definition) is 3. The number of nitrogens with two attached hydrogens (primary N) is 1. The van der Waals surface area contributed by atoms with E-state index in [1.165, 1.54) is 16.5 Å². The molecular weight excluding hydrogens is 344 g/mol. The predicted molar refractivity (Wildman–Crippen MR) is 119 cm³/mol. The molecule has 0 aliphatic rings. The molecule has 0 bridgehead atoms. The number of rotatable bonds is 6. The first-order valence-corrected chi connectivity index (χ1v) is 9.49. The second kappa shape index (κ2) is 8.05. The summed E-state index contributed by atoms with van der Waals surface area (Å²) in [6.45, 7) is 1.33. The molecule has 0 amide bonds. The third kappa shape index (κ3) is 3.79. The summed E-state index contributed by atoms with van der Waals surface area (Å²) in [5.74, 6) is 0.749. The van der Waals surface area contributed by atoms with Crippen LogP contribution in [-0.2, 0) is 0 Å². The molecule has 0 aliphatic heterocycles. The fourth-order valence-corrected chi connectivity index (χ4v) is 3.40. The van der Waals surface area contributed by atoms with Gasteiger partial charge in [0, 0.05) is 18.3 Å². The average molecular weight is 368 g/mol. The van der Waals surface area contributed by atoms with Crippen LogP contribution in [-0.4, -0.2) is 20.2 Å². The van der Waals surface area contributed by atoms with Gasteiger partial charge in [-0.25, -0.2) is 0 Å². The van der Waals surface area contributed by atoms with Crippen molar-refractivity contribution in [2.24, 2.45) is 0 Å². The molecule has 4 aromatic rings. The number of nitrogen functional groups attached to an aromatic ring is 1. The van der Waals surface area contributed by atoms with Crippen molar-refractivity contribution < 1.29 is 4.74 Å². The van der Waals surface area contributed by atoms with Crippen molar-refractivity contribution >= 4 is 22.1 Å². The van der Waals surface area contributed by atoms with E-state index in [1.54, 1.807) is 0 Å². The monoisotopic (exact) mass is 368 g/mol. The zero-order valence-corrected chi connectivity index (χ0v) is 16.0. The summed E-state index contributed by atoms with van der Waals surface area (Å²) in [5.41, 5.74) is 10.2. The number of benzene rings is 4. The third-order valence-corrected chi connectivity index (χ3v) is 4.98. The van der Waals surface area contributed by atoms with Gasteiger partial charge in [-0.05, 0) is 40.6 Å². The molecule has 0 radical (unpaired) electrons. The molecule has 4 aromatic carbocycles. The molecule has 0 heterocycles. The molecule has 0 saturated carbocycles. The van der Waals surface area contributed by atoms with Crippen LogP contribution in [0.25, 0.3) is 21.9 Å². The first-order chi connectivity index (χ1) is 13.7. The van der Waals surface area contributed by atoms with Crippen molar-refractivity contribution in [2.45, 2.75) is 0 Å². The minimum atomic E-state index is 0.556. The normalized spacial score (nSPS) is 10.8. The van der Waals surface area contributed by atoms with Gasteiger partial charge in [0.2, 0.25) is 0 Å². The van der Waals surface area contributed by atoms with Gasteiger partial charge in [0.05, 0.1) is 12.2 Å². The van der Waals surface area contributed by atoms with Gasteiger partial charge in [0.15, 0.2) is 0 Å². The molecule has 2 N–H and O–H groups in total. The van der Waals surface area contributed by atoms with Crippen LogP contribution in [0.1, 0.15) is 0 Å². The molecule has 28 heavy (non-hydrogen) atoms. The van der Waals surface area contributed by atoms with Crippen LogP contribution in [0.15, 0.2) is 91.0 Å². The number of likely N-dealkylation sites (N-methyl/N-ethyl adjacent to an activating group) is 1. The Labute approximate surface area is 166 Å². The van der Waals surface area contributed by atoms with Gasteiger partial charge in [0.25, 0.3) is 0 Å². The van der Waals surface area contributed by atoms with Crippen molar-refractivity contribution in [3.05, 3.63) is 91.0 Å². The first-order valence-electron chi connectivity index (χ1n) is 9.49. The van der Waals surface area contributed by atoms with Gasteiger partial charge in [-0.3, -0.25) is 0 Å². The first kappa shape index (κ1) is 17.9. The van der Waals surface area contributed by atoms with Gasteiger partial charge in [-0.1, -0.05) is 66.7 Å². The largest absolute Gasteiger partial charge is 0.489 e. The van der Waals surface area contributed by atoms with Crippen molar-refractivity contribution in [3.8, 4) is 16.9 Å². The average Bonchev–Trinajstić information content (AvgIpc) is 2.75. The maximum absolute atomic E-state index is 6.26. The van der Waals surface area contributed by atoms with Crippen molar-refractivity contribution in [2.75, 3.05) is 30.8 Å². The van der Waals surface area contributed by atoms with E-state index in [4.69, 9.17) is 10.5 Å². The van der Waals surface area contributed by atoms with Crippen molar-refractivity contribution in [1.29, 1.82) is 0 Å². The summed E-state index contributed by atoms with van der Waals surface area (Å²) in [4.78, 5) is 2.18. The van der Waals surface area contributed by atoms with Gasteiger partial charge in [-0.15, -0.1) is 0 Å². The second-order valence-corrected chi connectivity index (χ2v) is 6.89. The zero-order chi connectivity index (χ0) is 19.3. The molecular formula is C25H24N2O. The summed E-state index contributed by atoms with van der Waals surface area (Å²) in [7, 11) is 2.07. The van der Waals surface area contributed by atoms with Crippen LogP contribution < -0.4 is 15.4 Å². The summed E-state index contributed by atoms with van der Waals surface area (Å²) >= 11 is 0. The highest BCUT2D eigenvalue weighted by atomic mass is 16.5. The van der Waals surface area contributed by atoms with E-state index < -0.39 is 0 Å². The number of fused-ring (bicyclic) bond motifs is 1. The van der Waals surface area contributed by atoms with E-state index in [0.29, 0.717) is 12.3 Å². The highest BCUT2D eigenvalue weighted by Crippen LogP contribution is 2.36. The van der Waals surface area contributed by atoms with E-state index in [-0.39, 0.29) is 0 Å². The Morgan fingerprint density at radius 1 is 0.786 bits per heavy atom. The van der Waals surface area contributed by atoms with Crippen LogP contribution in [0, 0.1) is 0 Å². The predicted octanol–water partition coefficient (Wildman–Crippen LogP) is 5.60. The lowest BCUT2D eigenvalue weighted by Crippen LogP contribution is -2.23. The van der Waals surface area contributed by atoms with Crippen LogP contribution in [0.4, 0.5) is 11.4 Å². The van der Waals surface area contributed by atoms with E-state index in [2.05, 4.69) is 72.6 Å². The lowest BCUT2D eigenvalue weighted by atomic mass is 10.00. The van der Waals surface area contributed by atoms with E-state index >= 15 is 0 Å². The number of nitrogens with zero attached hydrogens (tertiary/aromatic N) is 1. The fourth-order valence-electron chi connectivity index (χ4n) is 3.40. The SMILES string of the molecule is CN(CCOc1c(N)cccc1-c1ccc2ccccc2c1)c1ccccc1. The van der Waals surface area contributed by atoms with Crippen molar-refractivity contribution in [1.82, 2.24) is 0 Å². The maximum atomic E-state index is 6.26. The Bertz CT molecular complexity index is 1080. The molecule has 0 saturated heterocycles. The van der Waals surface area contributed by atoms with Crippen LogP contribution in [0.2, 0.25) is 0 Å².